The Morgan fingerprint density at radius 1 is 1.38 bits per heavy atom. The number of rotatable bonds is 4. The minimum atomic E-state index is -0.191. The normalized spacial score (nSPS) is 11.7. The van der Waals surface area contributed by atoms with E-state index in [1.54, 1.807) is 24.3 Å². The molecule has 1 aromatic rings. The molecule has 3 nitrogen and oxygen atoms in total. The van der Waals surface area contributed by atoms with Crippen molar-refractivity contribution in [1.82, 2.24) is 0 Å². The summed E-state index contributed by atoms with van der Waals surface area (Å²) < 4.78 is 0.561. The number of ketones is 1. The maximum atomic E-state index is 11.0. The fourth-order valence-electron chi connectivity index (χ4n) is 0.907. The number of phenolic OH excluding ortho intramolecular Hbond substituents is 1. The van der Waals surface area contributed by atoms with Crippen molar-refractivity contribution >= 4 is 33.6 Å². The molecule has 0 spiro atoms. The first kappa shape index (κ1) is 12.4. The van der Waals surface area contributed by atoms with E-state index in [0.717, 1.165) is 0 Å². The standard InChI is InChI=1S/C12H10BrNO2/c1-2-11(15)7-9(13)8-14-10-3-5-12(16)6-4-10/h2-8,16H,1H2/b9-7-,14-8?. The number of halogens is 1. The second-order valence-corrected chi connectivity index (χ2v) is 3.83. The van der Waals surface area contributed by atoms with Crippen molar-refractivity contribution in [1.29, 1.82) is 0 Å². The summed E-state index contributed by atoms with van der Waals surface area (Å²) in [6.45, 7) is 3.35. The second kappa shape index (κ2) is 6.02. The zero-order valence-electron chi connectivity index (χ0n) is 8.43. The van der Waals surface area contributed by atoms with Gasteiger partial charge in [0.1, 0.15) is 5.75 Å². The van der Waals surface area contributed by atoms with Gasteiger partial charge in [0.15, 0.2) is 5.78 Å². The molecule has 1 rings (SSSR count). The molecule has 0 radical (unpaired) electrons. The van der Waals surface area contributed by atoms with E-state index in [1.807, 2.05) is 0 Å². The van der Waals surface area contributed by atoms with Gasteiger partial charge in [0.05, 0.1) is 5.69 Å². The zero-order valence-corrected chi connectivity index (χ0v) is 10.0. The van der Waals surface area contributed by atoms with Crippen LogP contribution in [0.1, 0.15) is 0 Å². The molecule has 0 unspecified atom stereocenters. The third-order valence-corrected chi connectivity index (χ3v) is 2.10. The Morgan fingerprint density at radius 2 is 2.00 bits per heavy atom. The third kappa shape index (κ3) is 4.23. The predicted molar refractivity (Wildman–Crippen MR) is 68.5 cm³/mol. The Bertz CT molecular complexity index is 447. The average molecular weight is 280 g/mol. The van der Waals surface area contributed by atoms with Gasteiger partial charge in [0.2, 0.25) is 0 Å². The van der Waals surface area contributed by atoms with Crippen molar-refractivity contribution in [3.05, 3.63) is 47.5 Å². The highest BCUT2D eigenvalue weighted by atomic mass is 79.9. The van der Waals surface area contributed by atoms with E-state index in [4.69, 9.17) is 5.11 Å². The van der Waals surface area contributed by atoms with E-state index in [0.29, 0.717) is 10.2 Å². The Morgan fingerprint density at radius 3 is 2.56 bits per heavy atom. The summed E-state index contributed by atoms with van der Waals surface area (Å²) in [5.41, 5.74) is 0.689. The topological polar surface area (TPSA) is 49.7 Å². The number of aliphatic imine (C=N–C) groups is 1. The summed E-state index contributed by atoms with van der Waals surface area (Å²) >= 11 is 3.19. The molecule has 1 N–H and O–H groups in total. The van der Waals surface area contributed by atoms with Crippen LogP contribution in [0.2, 0.25) is 0 Å². The van der Waals surface area contributed by atoms with Gasteiger partial charge in [-0.3, -0.25) is 9.79 Å². The number of carbonyl (C=O) groups is 1. The molecule has 0 saturated heterocycles. The summed E-state index contributed by atoms with van der Waals surface area (Å²) in [6, 6.07) is 6.42. The van der Waals surface area contributed by atoms with Crippen LogP contribution >= 0.6 is 15.9 Å². The lowest BCUT2D eigenvalue weighted by Gasteiger charge is -1.93. The number of aromatic hydroxyl groups is 1. The first-order valence-corrected chi connectivity index (χ1v) is 5.28. The highest BCUT2D eigenvalue weighted by Crippen LogP contribution is 2.16. The number of hydrogen-bond donors (Lipinski definition) is 1. The van der Waals surface area contributed by atoms with Crippen molar-refractivity contribution in [3.8, 4) is 5.75 Å². The molecule has 16 heavy (non-hydrogen) atoms. The number of benzene rings is 1. The van der Waals surface area contributed by atoms with Crippen LogP contribution in [0.5, 0.6) is 5.75 Å². The van der Waals surface area contributed by atoms with Crippen molar-refractivity contribution in [2.75, 3.05) is 0 Å². The maximum absolute atomic E-state index is 11.0. The molecule has 0 aliphatic rings. The summed E-state index contributed by atoms with van der Waals surface area (Å²) in [5.74, 6) is -0.000533. The van der Waals surface area contributed by atoms with Gasteiger partial charge in [0.25, 0.3) is 0 Å². The summed E-state index contributed by atoms with van der Waals surface area (Å²) in [4.78, 5) is 15.1. The van der Waals surface area contributed by atoms with Gasteiger partial charge in [-0.2, -0.15) is 0 Å². The molecule has 0 saturated carbocycles. The quantitative estimate of drug-likeness (QED) is 0.680. The van der Waals surface area contributed by atoms with Crippen LogP contribution < -0.4 is 0 Å². The van der Waals surface area contributed by atoms with E-state index >= 15 is 0 Å². The number of allylic oxidation sites excluding steroid dienone is 3. The molecule has 0 fully saturated rings. The van der Waals surface area contributed by atoms with Crippen molar-refractivity contribution in [2.24, 2.45) is 4.99 Å². The lowest BCUT2D eigenvalue weighted by atomic mass is 10.3. The van der Waals surface area contributed by atoms with Crippen LogP contribution in [0.25, 0.3) is 0 Å². The highest BCUT2D eigenvalue weighted by Gasteiger charge is 1.92. The van der Waals surface area contributed by atoms with Gasteiger partial charge in [-0.05, 0) is 46.3 Å². The number of hydrogen-bond acceptors (Lipinski definition) is 3. The minimum Gasteiger partial charge on any atom is -0.508 e. The monoisotopic (exact) mass is 279 g/mol. The van der Waals surface area contributed by atoms with Gasteiger partial charge < -0.3 is 5.11 Å². The van der Waals surface area contributed by atoms with E-state index in [2.05, 4.69) is 27.5 Å². The summed E-state index contributed by atoms with van der Waals surface area (Å²) in [7, 11) is 0. The van der Waals surface area contributed by atoms with Crippen LogP contribution in [-0.2, 0) is 4.79 Å². The number of carbonyl (C=O) groups excluding carboxylic acids is 1. The fraction of sp³-hybridized carbons (Fsp3) is 0. The second-order valence-electron chi connectivity index (χ2n) is 2.91. The Balaban J connectivity index is 2.73. The molecule has 0 bridgehead atoms. The molecule has 0 aliphatic carbocycles. The molecule has 0 amide bonds. The predicted octanol–water partition coefficient (Wildman–Crippen LogP) is 3.13. The highest BCUT2D eigenvalue weighted by molar-refractivity contribution is 9.12. The third-order valence-electron chi connectivity index (χ3n) is 1.67. The van der Waals surface area contributed by atoms with Gasteiger partial charge in [0, 0.05) is 16.8 Å². The minimum absolute atomic E-state index is 0.190. The van der Waals surface area contributed by atoms with Crippen molar-refractivity contribution in [2.45, 2.75) is 0 Å². The number of phenols is 1. The van der Waals surface area contributed by atoms with Crippen molar-refractivity contribution in [3.63, 3.8) is 0 Å². The fourth-order valence-corrected chi connectivity index (χ4v) is 1.23. The molecular formula is C12H10BrNO2. The smallest absolute Gasteiger partial charge is 0.179 e. The lowest BCUT2D eigenvalue weighted by molar-refractivity contribution is -0.110. The molecular weight excluding hydrogens is 270 g/mol. The van der Waals surface area contributed by atoms with Gasteiger partial charge >= 0.3 is 0 Å². The molecule has 0 aliphatic heterocycles. The van der Waals surface area contributed by atoms with Crippen LogP contribution in [0.4, 0.5) is 5.69 Å². The molecule has 0 heterocycles. The molecule has 82 valence electrons. The summed E-state index contributed by atoms with van der Waals surface area (Å²) in [5, 5.41) is 9.06. The Kier molecular flexibility index (Phi) is 4.66. The Hall–Kier alpha value is -1.68. The Labute approximate surface area is 102 Å². The first-order valence-electron chi connectivity index (χ1n) is 4.48. The van der Waals surface area contributed by atoms with Gasteiger partial charge in [-0.25, -0.2) is 0 Å². The first-order chi connectivity index (χ1) is 7.61. The van der Waals surface area contributed by atoms with Crippen LogP contribution in [-0.4, -0.2) is 17.1 Å². The lowest BCUT2D eigenvalue weighted by Crippen LogP contribution is -1.86. The van der Waals surface area contributed by atoms with Crippen LogP contribution in [0.15, 0.2) is 52.5 Å². The maximum Gasteiger partial charge on any atom is 0.179 e. The number of nitrogens with zero attached hydrogens (tertiary/aromatic N) is 1. The van der Waals surface area contributed by atoms with Gasteiger partial charge in [-0.1, -0.05) is 6.58 Å². The average Bonchev–Trinajstić information content (AvgIpc) is 2.28. The summed E-state index contributed by atoms with van der Waals surface area (Å²) in [6.07, 6.45) is 4.10. The van der Waals surface area contributed by atoms with Gasteiger partial charge in [-0.15, -0.1) is 0 Å². The molecule has 4 heteroatoms. The molecule has 0 aromatic heterocycles. The van der Waals surface area contributed by atoms with E-state index < -0.39 is 0 Å². The molecule has 1 aromatic carbocycles. The largest absolute Gasteiger partial charge is 0.508 e. The SMILES string of the molecule is C=CC(=O)/C=C(\Br)C=Nc1ccc(O)cc1. The van der Waals surface area contributed by atoms with E-state index in [1.165, 1.54) is 18.4 Å². The van der Waals surface area contributed by atoms with E-state index in [-0.39, 0.29) is 11.5 Å². The van der Waals surface area contributed by atoms with E-state index in [9.17, 15) is 4.79 Å². The zero-order chi connectivity index (χ0) is 12.0. The molecule has 0 atom stereocenters. The van der Waals surface area contributed by atoms with Crippen LogP contribution in [0, 0.1) is 0 Å². The van der Waals surface area contributed by atoms with Crippen molar-refractivity contribution < 1.29 is 9.90 Å². The van der Waals surface area contributed by atoms with Crippen LogP contribution in [0.3, 0.4) is 0 Å².